The molecule has 0 aliphatic heterocycles. The van der Waals surface area contributed by atoms with Crippen molar-refractivity contribution < 1.29 is 0 Å². The molecule has 0 atom stereocenters. The third-order valence-electron chi connectivity index (χ3n) is 0.134. The van der Waals surface area contributed by atoms with E-state index in [0.717, 1.165) is 11.8 Å². The molecule has 5 heavy (non-hydrogen) atoms. The van der Waals surface area contributed by atoms with E-state index in [1.807, 2.05) is 0 Å². The SMILES string of the molecule is [CH2-]CCBr.[Rf]. The summed E-state index contributed by atoms with van der Waals surface area (Å²) in [6.45, 7) is 3.56. The Morgan fingerprint density at radius 1 is 1.60 bits per heavy atom. The molecule has 0 radical (unpaired) electrons. The van der Waals surface area contributed by atoms with E-state index in [-0.39, 0.29) is 0 Å². The van der Waals surface area contributed by atoms with Gasteiger partial charge >= 0.3 is 0 Å². The maximum Gasteiger partial charge on any atom is 0 e. The molecule has 0 aromatic heterocycles. The number of rotatable bonds is 1. The number of alkyl halides is 1. The monoisotopic (exact) mass is 388 g/mol. The zero-order valence-electron chi connectivity index (χ0n) is 3.21. The molecule has 0 fully saturated rings. The predicted octanol–water partition coefficient (Wildman–Crippen LogP) is 1.61. The van der Waals surface area contributed by atoms with Crippen LogP contribution in [0.4, 0.5) is 0 Å². The number of hydrogen-bond acceptors (Lipinski definition) is 0. The Morgan fingerprint density at radius 3 is 1.80 bits per heavy atom. The van der Waals surface area contributed by atoms with Crippen LogP contribution in [-0.4, -0.2) is 5.33 Å². The van der Waals surface area contributed by atoms with Gasteiger partial charge in [-0.15, -0.1) is 0 Å². The number of halogens is 1. The summed E-state index contributed by atoms with van der Waals surface area (Å²) in [4.78, 5) is 0. The van der Waals surface area contributed by atoms with Crippen molar-refractivity contribution in [2.75, 3.05) is 5.33 Å². The van der Waals surface area contributed by atoms with E-state index in [2.05, 4.69) is 22.9 Å². The Kier molecular flexibility index (Phi) is 17.2. The second-order valence-corrected chi connectivity index (χ2v) is 1.34. The van der Waals surface area contributed by atoms with Gasteiger partial charge in [-0.05, 0) is 5.33 Å². The van der Waals surface area contributed by atoms with Crippen LogP contribution >= 0.6 is 15.9 Å². The van der Waals surface area contributed by atoms with Gasteiger partial charge in [0.05, 0.1) is 0 Å². The van der Waals surface area contributed by atoms with Crippen LogP contribution in [0.1, 0.15) is 6.42 Å². The minimum absolute atomic E-state index is 0. The van der Waals surface area contributed by atoms with E-state index in [9.17, 15) is 0 Å². The van der Waals surface area contributed by atoms with Gasteiger partial charge in [-0.3, -0.25) is 0 Å². The first-order valence-electron chi connectivity index (χ1n) is 1.27. The normalized spacial score (nSPS) is 6.00. The van der Waals surface area contributed by atoms with Crippen LogP contribution in [0.25, 0.3) is 0 Å². The third kappa shape index (κ3) is 33.1. The molecule has 0 aliphatic carbocycles. The topological polar surface area (TPSA) is 0 Å². The van der Waals surface area contributed by atoms with E-state index < -0.39 is 0 Å². The average Bonchev–Trinajstić information content (AvgIpc) is 1.37. The van der Waals surface area contributed by atoms with Crippen LogP contribution in [-0.2, 0) is 0 Å². The Hall–Kier alpha value is -0.520. The van der Waals surface area contributed by atoms with Gasteiger partial charge in [0.2, 0.25) is 0 Å². The predicted molar refractivity (Wildman–Crippen MR) is 23.8 cm³/mol. The average molecular weight is 389 g/mol. The molecule has 0 nitrogen and oxygen atoms in total. The van der Waals surface area contributed by atoms with Crippen molar-refractivity contribution in [3.05, 3.63) is 6.92 Å². The summed E-state index contributed by atoms with van der Waals surface area (Å²) in [5.74, 6) is 0. The Balaban J connectivity index is 0. The second kappa shape index (κ2) is 9.77. The first-order chi connectivity index (χ1) is 1.91. The molecular weight excluding hydrogens is 383 g/mol. The third-order valence-corrected chi connectivity index (χ3v) is 0.694. The van der Waals surface area contributed by atoms with Gasteiger partial charge in [-0.2, -0.15) is 6.42 Å². The summed E-state index contributed by atoms with van der Waals surface area (Å²) >= 11 is 3.19. The zero-order valence-corrected chi connectivity index (χ0v) is 11.2. The van der Waals surface area contributed by atoms with Crippen molar-refractivity contribution in [2.45, 2.75) is 6.42 Å². The maximum absolute atomic E-state index is 3.56. The molecular formula is C3H6BrRf-. The van der Waals surface area contributed by atoms with Crippen molar-refractivity contribution in [1.82, 2.24) is 0 Å². The summed E-state index contributed by atoms with van der Waals surface area (Å²) in [5, 5.41) is 1.02. The van der Waals surface area contributed by atoms with Crippen molar-refractivity contribution in [3.63, 3.8) is 0 Å². The Morgan fingerprint density at radius 2 is 1.80 bits per heavy atom. The summed E-state index contributed by atoms with van der Waals surface area (Å²) in [7, 11) is 0. The molecule has 0 heterocycles. The van der Waals surface area contributed by atoms with Crippen LogP contribution in [0.5, 0.6) is 0 Å². The Labute approximate surface area is 35.3 Å². The molecule has 0 rings (SSSR count). The van der Waals surface area contributed by atoms with Crippen LogP contribution in [0.15, 0.2) is 0 Å². The molecule has 2 heteroatoms. The first kappa shape index (κ1) is 8.82. The van der Waals surface area contributed by atoms with Crippen LogP contribution in [0.3, 0.4) is 0 Å². The minimum Gasteiger partial charge on any atom is -0.343 e. The smallest absolute Gasteiger partial charge is 0 e. The van der Waals surface area contributed by atoms with E-state index >= 15 is 0 Å². The summed E-state index contributed by atoms with van der Waals surface area (Å²) < 4.78 is 0. The van der Waals surface area contributed by atoms with Crippen LogP contribution < -0.4 is 0 Å². The van der Waals surface area contributed by atoms with Crippen molar-refractivity contribution in [1.29, 1.82) is 0 Å². The standard InChI is InChI=1S/C3H6Br.Rf/c1-2-3-4;/h1-3H2;/q-1;. The molecule has 0 amide bonds. The molecule has 0 unspecified atom stereocenters. The van der Waals surface area contributed by atoms with Crippen LogP contribution in [0.2, 0.25) is 0 Å². The molecule has 0 aromatic carbocycles. The van der Waals surface area contributed by atoms with Gasteiger partial charge in [0, 0.05) is 0 Å². The quantitative estimate of drug-likeness (QED) is 0.473. The molecule has 0 aromatic rings. The molecule has 0 spiro atoms. The van der Waals surface area contributed by atoms with Crippen molar-refractivity contribution >= 4 is 15.9 Å². The van der Waals surface area contributed by atoms with Gasteiger partial charge in [-0.25, -0.2) is 0 Å². The van der Waals surface area contributed by atoms with Crippen molar-refractivity contribution in [3.8, 4) is 0 Å². The van der Waals surface area contributed by atoms with Crippen molar-refractivity contribution in [2.24, 2.45) is 0 Å². The van der Waals surface area contributed by atoms with E-state index in [1.165, 1.54) is 0 Å². The fourth-order valence-corrected chi connectivity index (χ4v) is 0. The maximum atomic E-state index is 3.56. The van der Waals surface area contributed by atoms with Gasteiger partial charge in [-0.1, -0.05) is 15.9 Å². The fourth-order valence-electron chi connectivity index (χ4n) is 0. The molecule has 0 bridgehead atoms. The summed E-state index contributed by atoms with van der Waals surface area (Å²) in [6.07, 6.45) is 0.986. The summed E-state index contributed by atoms with van der Waals surface area (Å²) in [6, 6.07) is 0. The summed E-state index contributed by atoms with van der Waals surface area (Å²) in [5.41, 5.74) is 0. The van der Waals surface area contributed by atoms with Gasteiger partial charge < -0.3 is 6.92 Å². The van der Waals surface area contributed by atoms with E-state index in [0.29, 0.717) is 0 Å². The largest absolute Gasteiger partial charge is 0.343 e. The minimum atomic E-state index is 0. The van der Waals surface area contributed by atoms with Gasteiger partial charge in [0.1, 0.15) is 0 Å². The molecule has 0 saturated carbocycles. The Bertz CT molecular complexity index is 8.85. The van der Waals surface area contributed by atoms with Gasteiger partial charge in [0.25, 0.3) is 0 Å². The molecule has 0 saturated heterocycles. The fraction of sp³-hybridized carbons (Fsp3) is 0.667. The first-order valence-corrected chi connectivity index (χ1v) is 2.39. The number of hydrogen-bond donors (Lipinski definition) is 0. The zero-order chi connectivity index (χ0) is 3.41. The molecule has 0 N–H and O–H groups in total. The molecule has 0 aliphatic rings. The molecule has 28 valence electrons. The van der Waals surface area contributed by atoms with Crippen LogP contribution in [0, 0.1) is 6.92 Å². The van der Waals surface area contributed by atoms with E-state index in [4.69, 9.17) is 0 Å². The van der Waals surface area contributed by atoms with Gasteiger partial charge in [0.15, 0.2) is 0 Å². The second-order valence-electron chi connectivity index (χ2n) is 0.543. The van der Waals surface area contributed by atoms with E-state index in [1.54, 1.807) is 0 Å².